The summed E-state index contributed by atoms with van der Waals surface area (Å²) in [6.07, 6.45) is 4.03. The molecule has 1 heterocycles. The van der Waals surface area contributed by atoms with Gasteiger partial charge in [-0.05, 0) is 20.4 Å². The maximum Gasteiger partial charge on any atom is 0.0843 e. The predicted molar refractivity (Wildman–Crippen MR) is 63.3 cm³/mol. The summed E-state index contributed by atoms with van der Waals surface area (Å²) in [5.41, 5.74) is 1.00. The Morgan fingerprint density at radius 2 is 2.25 bits per heavy atom. The molecular weight excluding hydrogens is 204 g/mol. The van der Waals surface area contributed by atoms with Crippen LogP contribution in [-0.4, -0.2) is 40.8 Å². The Bertz CT molecular complexity index is 300. The Balaban J connectivity index is 2.59. The molecule has 1 aromatic heterocycles. The molecule has 0 saturated heterocycles. The minimum absolute atomic E-state index is 0.233. The van der Waals surface area contributed by atoms with Crippen LogP contribution in [0.1, 0.15) is 26.0 Å². The summed E-state index contributed by atoms with van der Waals surface area (Å²) in [4.78, 5) is 0. The van der Waals surface area contributed by atoms with Crippen molar-refractivity contribution < 1.29 is 4.74 Å². The van der Waals surface area contributed by atoms with Gasteiger partial charge in [0, 0.05) is 32.3 Å². The molecule has 5 nitrogen and oxygen atoms in total. The number of aromatic nitrogens is 3. The SMILES string of the molecule is CCOC(CC)C(Cc1cn(C)nn1)NC. The molecule has 0 bridgehead atoms. The molecule has 0 spiro atoms. The van der Waals surface area contributed by atoms with E-state index in [0.717, 1.165) is 25.1 Å². The number of hydrogen-bond acceptors (Lipinski definition) is 4. The molecule has 0 aromatic carbocycles. The van der Waals surface area contributed by atoms with Gasteiger partial charge in [0.25, 0.3) is 0 Å². The second-order valence-corrected chi connectivity index (χ2v) is 3.88. The third-order valence-corrected chi connectivity index (χ3v) is 2.68. The lowest BCUT2D eigenvalue weighted by Gasteiger charge is -2.24. The molecule has 0 saturated carbocycles. The highest BCUT2D eigenvalue weighted by molar-refractivity contribution is 4.97. The van der Waals surface area contributed by atoms with Gasteiger partial charge in [0.05, 0.1) is 11.8 Å². The lowest BCUT2D eigenvalue weighted by Crippen LogP contribution is -2.41. The molecule has 2 atom stereocenters. The lowest BCUT2D eigenvalue weighted by atomic mass is 10.0. The van der Waals surface area contributed by atoms with Crippen molar-refractivity contribution in [2.75, 3.05) is 13.7 Å². The molecule has 0 aliphatic carbocycles. The summed E-state index contributed by atoms with van der Waals surface area (Å²) in [5, 5.41) is 11.3. The maximum absolute atomic E-state index is 5.71. The van der Waals surface area contributed by atoms with Crippen molar-refractivity contribution in [3.8, 4) is 0 Å². The highest BCUT2D eigenvalue weighted by atomic mass is 16.5. The Morgan fingerprint density at radius 3 is 2.69 bits per heavy atom. The standard InChI is InChI=1S/C11H22N4O/c1-5-11(16-6-2)10(12-3)7-9-8-15(4)14-13-9/h8,10-12H,5-7H2,1-4H3. The van der Waals surface area contributed by atoms with E-state index in [1.54, 1.807) is 4.68 Å². The van der Waals surface area contributed by atoms with Gasteiger partial charge in [-0.2, -0.15) is 0 Å². The third-order valence-electron chi connectivity index (χ3n) is 2.68. The average Bonchev–Trinajstić information content (AvgIpc) is 2.69. The number of rotatable bonds is 7. The zero-order valence-corrected chi connectivity index (χ0v) is 10.6. The highest BCUT2D eigenvalue weighted by Gasteiger charge is 2.20. The Morgan fingerprint density at radius 1 is 1.50 bits per heavy atom. The van der Waals surface area contributed by atoms with E-state index in [9.17, 15) is 0 Å². The molecule has 16 heavy (non-hydrogen) atoms. The van der Waals surface area contributed by atoms with Crippen molar-refractivity contribution >= 4 is 0 Å². The number of nitrogens with zero attached hydrogens (tertiary/aromatic N) is 3. The first-order valence-corrected chi connectivity index (χ1v) is 5.85. The zero-order valence-electron chi connectivity index (χ0n) is 10.6. The molecule has 0 aliphatic heterocycles. The van der Waals surface area contributed by atoms with Crippen LogP contribution < -0.4 is 5.32 Å². The summed E-state index contributed by atoms with van der Waals surface area (Å²) in [6.45, 7) is 4.91. The molecule has 0 aliphatic rings. The van der Waals surface area contributed by atoms with Crippen LogP contribution in [0, 0.1) is 0 Å². The van der Waals surface area contributed by atoms with E-state index in [-0.39, 0.29) is 6.10 Å². The van der Waals surface area contributed by atoms with Gasteiger partial charge >= 0.3 is 0 Å². The quantitative estimate of drug-likeness (QED) is 0.746. The van der Waals surface area contributed by atoms with Crippen molar-refractivity contribution in [2.45, 2.75) is 38.8 Å². The topological polar surface area (TPSA) is 52.0 Å². The van der Waals surface area contributed by atoms with Crippen LogP contribution in [0.25, 0.3) is 0 Å². The normalized spacial score (nSPS) is 15.0. The molecule has 1 rings (SSSR count). The first kappa shape index (κ1) is 13.1. The molecule has 2 unspecified atom stereocenters. The third kappa shape index (κ3) is 3.57. The van der Waals surface area contributed by atoms with Crippen molar-refractivity contribution in [3.63, 3.8) is 0 Å². The fourth-order valence-corrected chi connectivity index (χ4v) is 1.87. The van der Waals surface area contributed by atoms with Gasteiger partial charge in [0.2, 0.25) is 0 Å². The average molecular weight is 226 g/mol. The molecule has 1 N–H and O–H groups in total. The smallest absolute Gasteiger partial charge is 0.0843 e. The van der Waals surface area contributed by atoms with Crippen LogP contribution in [0.5, 0.6) is 0 Å². The fourth-order valence-electron chi connectivity index (χ4n) is 1.87. The van der Waals surface area contributed by atoms with E-state index in [0.29, 0.717) is 6.04 Å². The number of aryl methyl sites for hydroxylation is 1. The Kier molecular flexibility index (Phi) is 5.42. The summed E-state index contributed by atoms with van der Waals surface area (Å²) >= 11 is 0. The van der Waals surface area contributed by atoms with Crippen molar-refractivity contribution in [2.24, 2.45) is 7.05 Å². The van der Waals surface area contributed by atoms with Gasteiger partial charge in [0.15, 0.2) is 0 Å². The van der Waals surface area contributed by atoms with E-state index in [1.807, 2.05) is 27.2 Å². The highest BCUT2D eigenvalue weighted by Crippen LogP contribution is 2.09. The van der Waals surface area contributed by atoms with E-state index in [4.69, 9.17) is 4.74 Å². The second kappa shape index (κ2) is 6.60. The monoisotopic (exact) mass is 226 g/mol. The first-order chi connectivity index (χ1) is 7.71. The van der Waals surface area contributed by atoms with Gasteiger partial charge in [-0.1, -0.05) is 12.1 Å². The van der Waals surface area contributed by atoms with Gasteiger partial charge < -0.3 is 10.1 Å². The van der Waals surface area contributed by atoms with Crippen LogP contribution in [0.4, 0.5) is 0 Å². The van der Waals surface area contributed by atoms with E-state index >= 15 is 0 Å². The maximum atomic E-state index is 5.71. The second-order valence-electron chi connectivity index (χ2n) is 3.88. The number of likely N-dealkylation sites (N-methyl/N-ethyl adjacent to an activating group) is 1. The Hall–Kier alpha value is -0.940. The molecule has 0 amide bonds. The van der Waals surface area contributed by atoms with Gasteiger partial charge in [-0.3, -0.25) is 4.68 Å². The molecule has 1 aromatic rings. The summed E-state index contributed by atoms with van der Waals surface area (Å²) in [6, 6.07) is 0.293. The lowest BCUT2D eigenvalue weighted by molar-refractivity contribution is 0.0336. The number of ether oxygens (including phenoxy) is 1. The predicted octanol–water partition coefficient (Wildman–Crippen LogP) is 0.761. The zero-order chi connectivity index (χ0) is 12.0. The van der Waals surface area contributed by atoms with Crippen molar-refractivity contribution in [3.05, 3.63) is 11.9 Å². The van der Waals surface area contributed by atoms with Crippen LogP contribution in [0.2, 0.25) is 0 Å². The van der Waals surface area contributed by atoms with Crippen LogP contribution in [0.15, 0.2) is 6.20 Å². The fraction of sp³-hybridized carbons (Fsp3) is 0.818. The summed E-state index contributed by atoms with van der Waals surface area (Å²) < 4.78 is 7.43. The van der Waals surface area contributed by atoms with Crippen LogP contribution in [-0.2, 0) is 18.2 Å². The van der Waals surface area contributed by atoms with E-state index < -0.39 is 0 Å². The largest absolute Gasteiger partial charge is 0.377 e. The number of hydrogen-bond donors (Lipinski definition) is 1. The van der Waals surface area contributed by atoms with E-state index in [2.05, 4.69) is 22.6 Å². The van der Waals surface area contributed by atoms with Crippen LogP contribution >= 0.6 is 0 Å². The van der Waals surface area contributed by atoms with Gasteiger partial charge in [-0.25, -0.2) is 0 Å². The Labute approximate surface area is 97.2 Å². The first-order valence-electron chi connectivity index (χ1n) is 5.85. The molecular formula is C11H22N4O. The minimum Gasteiger partial charge on any atom is -0.377 e. The molecule has 0 radical (unpaired) electrons. The van der Waals surface area contributed by atoms with Crippen molar-refractivity contribution in [1.29, 1.82) is 0 Å². The minimum atomic E-state index is 0.233. The molecule has 5 heteroatoms. The summed E-state index contributed by atoms with van der Waals surface area (Å²) in [5.74, 6) is 0. The van der Waals surface area contributed by atoms with E-state index in [1.165, 1.54) is 0 Å². The molecule has 0 fully saturated rings. The van der Waals surface area contributed by atoms with Crippen molar-refractivity contribution in [1.82, 2.24) is 20.3 Å². The summed E-state index contributed by atoms with van der Waals surface area (Å²) in [7, 11) is 3.84. The van der Waals surface area contributed by atoms with Crippen LogP contribution in [0.3, 0.4) is 0 Å². The molecule has 92 valence electrons. The van der Waals surface area contributed by atoms with Gasteiger partial charge in [0.1, 0.15) is 0 Å². The number of nitrogens with one attached hydrogen (secondary N) is 1. The van der Waals surface area contributed by atoms with Gasteiger partial charge in [-0.15, -0.1) is 5.10 Å².